The molecule has 0 unspecified atom stereocenters. The standard InChI is InChI=1S/C26H19FN2OS/c1-30-22-9-5-6-18(14-22)17-31-26-24(16-28)23(19-10-12-21(27)13-11-19)15-25(29-26)20-7-3-2-4-8-20/h2-15H,17H2,1H3. The maximum atomic E-state index is 13.5. The molecule has 0 spiro atoms. The van der Waals surface area contributed by atoms with Crippen LogP contribution in [-0.2, 0) is 5.75 Å². The summed E-state index contributed by atoms with van der Waals surface area (Å²) in [5, 5.41) is 10.6. The zero-order valence-corrected chi connectivity index (χ0v) is 17.7. The number of hydrogen-bond acceptors (Lipinski definition) is 4. The number of thioether (sulfide) groups is 1. The Labute approximate surface area is 185 Å². The van der Waals surface area contributed by atoms with E-state index >= 15 is 0 Å². The monoisotopic (exact) mass is 426 g/mol. The lowest BCUT2D eigenvalue weighted by molar-refractivity contribution is 0.414. The van der Waals surface area contributed by atoms with Gasteiger partial charge in [-0.3, -0.25) is 0 Å². The molecule has 0 N–H and O–H groups in total. The Hall–Kier alpha value is -3.62. The molecule has 0 saturated heterocycles. The summed E-state index contributed by atoms with van der Waals surface area (Å²) in [7, 11) is 1.64. The first-order valence-corrected chi connectivity index (χ1v) is 10.7. The summed E-state index contributed by atoms with van der Waals surface area (Å²) >= 11 is 1.50. The Morgan fingerprint density at radius 1 is 0.935 bits per heavy atom. The van der Waals surface area contributed by atoms with Crippen molar-refractivity contribution in [3.63, 3.8) is 0 Å². The third kappa shape index (κ3) is 4.76. The normalized spacial score (nSPS) is 10.5. The van der Waals surface area contributed by atoms with Crippen molar-refractivity contribution in [1.82, 2.24) is 4.98 Å². The van der Waals surface area contributed by atoms with Gasteiger partial charge < -0.3 is 4.74 Å². The van der Waals surface area contributed by atoms with Crippen LogP contribution in [0.5, 0.6) is 5.75 Å². The number of ether oxygens (including phenoxy) is 1. The number of rotatable bonds is 6. The number of aromatic nitrogens is 1. The Kier molecular flexibility index (Phi) is 6.30. The maximum Gasteiger partial charge on any atom is 0.123 e. The molecule has 0 saturated carbocycles. The molecule has 0 aliphatic heterocycles. The third-order valence-corrected chi connectivity index (χ3v) is 5.88. The van der Waals surface area contributed by atoms with Crippen LogP contribution in [0.1, 0.15) is 11.1 Å². The lowest BCUT2D eigenvalue weighted by Gasteiger charge is -2.13. The number of nitrogens with zero attached hydrogens (tertiary/aromatic N) is 2. The Bertz CT molecular complexity index is 1230. The highest BCUT2D eigenvalue weighted by atomic mass is 32.2. The quantitative estimate of drug-likeness (QED) is 0.321. The van der Waals surface area contributed by atoms with Crippen LogP contribution >= 0.6 is 11.8 Å². The summed E-state index contributed by atoms with van der Waals surface area (Å²) in [4.78, 5) is 4.81. The fraction of sp³-hybridized carbons (Fsp3) is 0.0769. The minimum atomic E-state index is -0.313. The van der Waals surface area contributed by atoms with Crippen LogP contribution in [0, 0.1) is 17.1 Å². The highest BCUT2D eigenvalue weighted by molar-refractivity contribution is 7.98. The number of nitriles is 1. The van der Waals surface area contributed by atoms with Crippen molar-refractivity contribution < 1.29 is 9.13 Å². The summed E-state index contributed by atoms with van der Waals surface area (Å²) in [6.45, 7) is 0. The van der Waals surface area contributed by atoms with E-state index in [4.69, 9.17) is 9.72 Å². The van der Waals surface area contributed by atoms with Gasteiger partial charge in [0.2, 0.25) is 0 Å². The molecule has 0 bridgehead atoms. The molecule has 0 aliphatic carbocycles. The van der Waals surface area contributed by atoms with E-state index in [-0.39, 0.29) is 5.82 Å². The van der Waals surface area contributed by atoms with Gasteiger partial charge in [0.05, 0.1) is 18.4 Å². The van der Waals surface area contributed by atoms with Gasteiger partial charge in [-0.2, -0.15) is 5.26 Å². The highest BCUT2D eigenvalue weighted by Gasteiger charge is 2.16. The van der Waals surface area contributed by atoms with E-state index < -0.39 is 0 Å². The predicted molar refractivity (Wildman–Crippen MR) is 122 cm³/mol. The number of hydrogen-bond donors (Lipinski definition) is 0. The van der Waals surface area contributed by atoms with Gasteiger partial charge in [-0.05, 0) is 41.5 Å². The Morgan fingerprint density at radius 3 is 2.42 bits per heavy atom. The molecular formula is C26H19FN2OS. The number of methoxy groups -OCH3 is 1. The first-order chi connectivity index (χ1) is 15.2. The van der Waals surface area contributed by atoms with Gasteiger partial charge in [-0.15, -0.1) is 11.8 Å². The van der Waals surface area contributed by atoms with Crippen LogP contribution in [0.2, 0.25) is 0 Å². The molecule has 4 aromatic rings. The third-order valence-electron chi connectivity index (χ3n) is 4.83. The average Bonchev–Trinajstić information content (AvgIpc) is 2.83. The molecule has 152 valence electrons. The van der Waals surface area contributed by atoms with E-state index in [1.54, 1.807) is 19.2 Å². The number of pyridine rings is 1. The molecule has 4 rings (SSSR count). The van der Waals surface area contributed by atoms with Gasteiger partial charge in [0, 0.05) is 16.9 Å². The molecule has 0 aliphatic rings. The Morgan fingerprint density at radius 2 is 1.71 bits per heavy atom. The zero-order valence-electron chi connectivity index (χ0n) is 16.9. The van der Waals surface area contributed by atoms with Crippen molar-refractivity contribution in [3.05, 3.63) is 102 Å². The first-order valence-electron chi connectivity index (χ1n) is 9.70. The minimum Gasteiger partial charge on any atom is -0.497 e. The lowest BCUT2D eigenvalue weighted by atomic mass is 9.99. The van der Waals surface area contributed by atoms with Crippen molar-refractivity contribution >= 4 is 11.8 Å². The second kappa shape index (κ2) is 9.46. The number of halogens is 1. The van der Waals surface area contributed by atoms with Gasteiger partial charge in [-0.1, -0.05) is 54.6 Å². The van der Waals surface area contributed by atoms with Gasteiger partial charge in [-0.25, -0.2) is 9.37 Å². The van der Waals surface area contributed by atoms with Crippen LogP contribution < -0.4 is 4.74 Å². The van der Waals surface area contributed by atoms with Crippen LogP contribution in [0.15, 0.2) is 90.0 Å². The van der Waals surface area contributed by atoms with Gasteiger partial charge >= 0.3 is 0 Å². The van der Waals surface area contributed by atoms with Crippen molar-refractivity contribution in [2.75, 3.05) is 7.11 Å². The van der Waals surface area contributed by atoms with Crippen molar-refractivity contribution in [2.24, 2.45) is 0 Å². The fourth-order valence-corrected chi connectivity index (χ4v) is 4.21. The van der Waals surface area contributed by atoms with E-state index in [9.17, 15) is 9.65 Å². The SMILES string of the molecule is COc1cccc(CSc2nc(-c3ccccc3)cc(-c3ccc(F)cc3)c2C#N)c1. The van der Waals surface area contributed by atoms with Crippen molar-refractivity contribution in [3.8, 4) is 34.2 Å². The second-order valence-electron chi connectivity index (χ2n) is 6.86. The van der Waals surface area contributed by atoms with E-state index in [1.165, 1.54) is 23.9 Å². The summed E-state index contributed by atoms with van der Waals surface area (Å²) in [5.41, 5.74) is 4.80. The van der Waals surface area contributed by atoms with E-state index in [2.05, 4.69) is 6.07 Å². The maximum absolute atomic E-state index is 13.5. The molecule has 0 fully saturated rings. The molecule has 0 atom stereocenters. The molecule has 1 aromatic heterocycles. The Balaban J connectivity index is 1.79. The van der Waals surface area contributed by atoms with Crippen LogP contribution in [0.3, 0.4) is 0 Å². The average molecular weight is 427 g/mol. The molecule has 3 nitrogen and oxygen atoms in total. The van der Waals surface area contributed by atoms with Crippen molar-refractivity contribution in [2.45, 2.75) is 10.8 Å². The molecule has 5 heteroatoms. The van der Waals surface area contributed by atoms with Crippen LogP contribution in [0.4, 0.5) is 4.39 Å². The largest absolute Gasteiger partial charge is 0.497 e. The molecule has 0 amide bonds. The van der Waals surface area contributed by atoms with Gasteiger partial charge in [0.15, 0.2) is 0 Å². The topological polar surface area (TPSA) is 45.9 Å². The second-order valence-corrected chi connectivity index (χ2v) is 7.82. The zero-order chi connectivity index (χ0) is 21.6. The van der Waals surface area contributed by atoms with Crippen LogP contribution in [-0.4, -0.2) is 12.1 Å². The fourth-order valence-electron chi connectivity index (χ4n) is 3.26. The molecule has 0 radical (unpaired) electrons. The van der Waals surface area contributed by atoms with E-state index in [0.29, 0.717) is 16.3 Å². The highest BCUT2D eigenvalue weighted by Crippen LogP contribution is 2.35. The summed E-state index contributed by atoms with van der Waals surface area (Å²) in [5.74, 6) is 1.11. The molecule has 31 heavy (non-hydrogen) atoms. The first kappa shape index (κ1) is 20.6. The minimum absolute atomic E-state index is 0.313. The lowest BCUT2D eigenvalue weighted by Crippen LogP contribution is -1.96. The smallest absolute Gasteiger partial charge is 0.123 e. The molecule has 1 heterocycles. The summed E-state index contributed by atoms with van der Waals surface area (Å²) < 4.78 is 18.8. The van der Waals surface area contributed by atoms with E-state index in [0.717, 1.165) is 33.7 Å². The van der Waals surface area contributed by atoms with Crippen molar-refractivity contribution in [1.29, 1.82) is 5.26 Å². The van der Waals surface area contributed by atoms with Gasteiger partial charge in [0.25, 0.3) is 0 Å². The van der Waals surface area contributed by atoms with E-state index in [1.807, 2.05) is 60.7 Å². The summed E-state index contributed by atoms with van der Waals surface area (Å²) in [6, 6.07) is 28.1. The summed E-state index contributed by atoms with van der Waals surface area (Å²) in [6.07, 6.45) is 0. The number of benzene rings is 3. The van der Waals surface area contributed by atoms with Gasteiger partial charge in [0.1, 0.15) is 22.7 Å². The molecule has 3 aromatic carbocycles. The predicted octanol–water partition coefficient (Wildman–Crippen LogP) is 6.73. The molecular weight excluding hydrogens is 407 g/mol. The van der Waals surface area contributed by atoms with Crippen LogP contribution in [0.25, 0.3) is 22.4 Å².